The maximum atomic E-state index is 10.2. The molecule has 0 spiro atoms. The van der Waals surface area contributed by atoms with Crippen molar-refractivity contribution in [2.45, 2.75) is 49.1 Å². The third-order valence-corrected chi connectivity index (χ3v) is 3.28. The Morgan fingerprint density at radius 1 is 1.28 bits per heavy atom. The molecule has 8 heteroatoms. The van der Waals surface area contributed by atoms with E-state index in [0.717, 1.165) is 0 Å². The molecule has 8 nitrogen and oxygen atoms in total. The maximum Gasteiger partial charge on any atom is 0.150 e. The number of rotatable bonds is 4. The van der Waals surface area contributed by atoms with E-state index in [2.05, 4.69) is 0 Å². The average Bonchev–Trinajstić information content (AvgIpc) is 2.34. The number of hydrogen-bond donors (Lipinski definition) is 7. The molecule has 1 saturated heterocycles. The van der Waals surface area contributed by atoms with Crippen LogP contribution in [0.1, 0.15) is 6.92 Å². The molecule has 1 aliphatic rings. The smallest absolute Gasteiger partial charge is 0.150 e. The topological polar surface area (TPSA) is 151 Å². The van der Waals surface area contributed by atoms with Crippen LogP contribution in [0.15, 0.2) is 0 Å². The van der Waals surface area contributed by atoms with Gasteiger partial charge in [0, 0.05) is 0 Å². The molecule has 0 aromatic heterocycles. The zero-order chi connectivity index (χ0) is 14.1. The second kappa shape index (κ2) is 5.76. The highest BCUT2D eigenvalue weighted by atomic mass is 16.5. The minimum atomic E-state index is -2.48. The molecule has 0 radical (unpaired) electrons. The van der Waals surface area contributed by atoms with Gasteiger partial charge in [0.1, 0.15) is 36.1 Å². The van der Waals surface area contributed by atoms with Crippen LogP contribution < -0.4 is 0 Å². The summed E-state index contributed by atoms with van der Waals surface area (Å²) < 4.78 is 4.91. The second-order valence-electron chi connectivity index (χ2n) is 4.58. The molecular formula is C10H20O8. The summed E-state index contributed by atoms with van der Waals surface area (Å²) in [6, 6.07) is 0. The lowest BCUT2D eigenvalue weighted by Crippen LogP contribution is -2.72. The number of hydrogen-bond acceptors (Lipinski definition) is 8. The molecule has 1 aliphatic heterocycles. The van der Waals surface area contributed by atoms with Crippen LogP contribution >= 0.6 is 0 Å². The Hall–Kier alpha value is -0.320. The van der Waals surface area contributed by atoms with Gasteiger partial charge in [-0.3, -0.25) is 0 Å². The van der Waals surface area contributed by atoms with E-state index in [1.807, 2.05) is 0 Å². The maximum absolute atomic E-state index is 10.2. The number of aliphatic hydroxyl groups excluding tert-OH is 6. The van der Waals surface area contributed by atoms with Gasteiger partial charge < -0.3 is 40.5 Å². The Morgan fingerprint density at radius 2 is 1.83 bits per heavy atom. The van der Waals surface area contributed by atoms with Crippen molar-refractivity contribution in [1.82, 2.24) is 0 Å². The molecule has 7 N–H and O–H groups in total. The van der Waals surface area contributed by atoms with Gasteiger partial charge in [0.25, 0.3) is 0 Å². The van der Waals surface area contributed by atoms with Crippen LogP contribution in [0.25, 0.3) is 0 Å². The zero-order valence-corrected chi connectivity index (χ0v) is 9.92. The Kier molecular flexibility index (Phi) is 5.04. The van der Waals surface area contributed by atoms with E-state index < -0.39 is 48.8 Å². The first-order valence-corrected chi connectivity index (χ1v) is 5.62. The SMILES string of the molecule is CC(O)C(O)C(O)[C@]1(O)[C@H](O)[C@@H](O)CO[C@@H]1CO. The molecule has 0 amide bonds. The van der Waals surface area contributed by atoms with Crippen LogP contribution in [0.2, 0.25) is 0 Å². The Bertz CT molecular complexity index is 269. The van der Waals surface area contributed by atoms with Crippen molar-refractivity contribution in [2.24, 2.45) is 0 Å². The van der Waals surface area contributed by atoms with Gasteiger partial charge in [-0.05, 0) is 6.92 Å². The molecule has 0 saturated carbocycles. The van der Waals surface area contributed by atoms with E-state index in [4.69, 9.17) is 9.84 Å². The summed E-state index contributed by atoms with van der Waals surface area (Å²) in [6.45, 7) is 0.119. The molecule has 0 bridgehead atoms. The molecule has 0 aromatic rings. The summed E-state index contributed by atoms with van der Waals surface area (Å²) in [5.41, 5.74) is -2.48. The van der Waals surface area contributed by atoms with E-state index in [1.54, 1.807) is 0 Å². The monoisotopic (exact) mass is 268 g/mol. The van der Waals surface area contributed by atoms with Crippen LogP contribution in [0.4, 0.5) is 0 Å². The predicted molar refractivity (Wildman–Crippen MR) is 57.5 cm³/mol. The molecule has 7 atom stereocenters. The molecule has 0 aliphatic carbocycles. The molecular weight excluding hydrogens is 248 g/mol. The summed E-state index contributed by atoms with van der Waals surface area (Å²) in [7, 11) is 0. The zero-order valence-electron chi connectivity index (χ0n) is 9.92. The van der Waals surface area contributed by atoms with Crippen LogP contribution in [-0.4, -0.2) is 91.2 Å². The normalized spacial score (nSPS) is 42.3. The van der Waals surface area contributed by atoms with E-state index in [0.29, 0.717) is 0 Å². The largest absolute Gasteiger partial charge is 0.394 e. The lowest BCUT2D eigenvalue weighted by molar-refractivity contribution is -0.294. The summed E-state index contributed by atoms with van der Waals surface area (Å²) in [6.07, 6.45) is -9.85. The first-order valence-electron chi connectivity index (χ1n) is 5.62. The Morgan fingerprint density at radius 3 is 2.28 bits per heavy atom. The molecule has 1 rings (SSSR count). The van der Waals surface area contributed by atoms with Crippen molar-refractivity contribution in [2.75, 3.05) is 13.2 Å². The van der Waals surface area contributed by atoms with E-state index in [-0.39, 0.29) is 6.61 Å². The van der Waals surface area contributed by atoms with E-state index in [1.165, 1.54) is 6.92 Å². The van der Waals surface area contributed by atoms with E-state index >= 15 is 0 Å². The lowest BCUT2D eigenvalue weighted by atomic mass is 9.77. The fourth-order valence-electron chi connectivity index (χ4n) is 2.04. The van der Waals surface area contributed by atoms with E-state index in [9.17, 15) is 30.6 Å². The summed E-state index contributed by atoms with van der Waals surface area (Å²) in [5.74, 6) is 0. The van der Waals surface area contributed by atoms with Crippen molar-refractivity contribution < 1.29 is 40.5 Å². The van der Waals surface area contributed by atoms with Crippen LogP contribution in [0.3, 0.4) is 0 Å². The minimum Gasteiger partial charge on any atom is -0.394 e. The van der Waals surface area contributed by atoms with Gasteiger partial charge in [-0.15, -0.1) is 0 Å². The van der Waals surface area contributed by atoms with Crippen molar-refractivity contribution in [3.8, 4) is 0 Å². The van der Waals surface area contributed by atoms with Gasteiger partial charge in [-0.2, -0.15) is 0 Å². The van der Waals surface area contributed by atoms with Gasteiger partial charge in [-0.25, -0.2) is 0 Å². The average molecular weight is 268 g/mol. The van der Waals surface area contributed by atoms with Gasteiger partial charge in [0.2, 0.25) is 0 Å². The Balaban J connectivity index is 3.02. The lowest BCUT2D eigenvalue weighted by Gasteiger charge is -2.48. The fraction of sp³-hybridized carbons (Fsp3) is 1.00. The molecule has 3 unspecified atom stereocenters. The highest BCUT2D eigenvalue weighted by Gasteiger charge is 2.57. The quantitative estimate of drug-likeness (QED) is 0.272. The van der Waals surface area contributed by atoms with Crippen molar-refractivity contribution in [1.29, 1.82) is 0 Å². The Labute approximate surface area is 104 Å². The van der Waals surface area contributed by atoms with Crippen molar-refractivity contribution in [3.63, 3.8) is 0 Å². The number of aliphatic hydroxyl groups is 7. The first-order chi connectivity index (χ1) is 8.26. The molecule has 108 valence electrons. The van der Waals surface area contributed by atoms with Gasteiger partial charge >= 0.3 is 0 Å². The minimum absolute atomic E-state index is 0.327. The third kappa shape index (κ3) is 2.51. The molecule has 1 fully saturated rings. The van der Waals surface area contributed by atoms with Crippen LogP contribution in [0, 0.1) is 0 Å². The summed E-state index contributed by atoms with van der Waals surface area (Å²) >= 11 is 0. The summed E-state index contributed by atoms with van der Waals surface area (Å²) in [4.78, 5) is 0. The fourth-order valence-corrected chi connectivity index (χ4v) is 2.04. The number of ether oxygens (including phenoxy) is 1. The third-order valence-electron chi connectivity index (χ3n) is 3.28. The van der Waals surface area contributed by atoms with Crippen molar-refractivity contribution in [3.05, 3.63) is 0 Å². The summed E-state index contributed by atoms with van der Waals surface area (Å²) in [5, 5.41) is 67.0. The second-order valence-corrected chi connectivity index (χ2v) is 4.58. The highest BCUT2D eigenvalue weighted by molar-refractivity contribution is 5.07. The molecule has 18 heavy (non-hydrogen) atoms. The van der Waals surface area contributed by atoms with Crippen molar-refractivity contribution >= 4 is 0 Å². The highest BCUT2D eigenvalue weighted by Crippen LogP contribution is 2.31. The van der Waals surface area contributed by atoms with Gasteiger partial charge in [0.15, 0.2) is 0 Å². The van der Waals surface area contributed by atoms with Gasteiger partial charge in [0.05, 0.1) is 19.3 Å². The predicted octanol–water partition coefficient (Wildman–Crippen LogP) is -4.07. The molecule has 0 aromatic carbocycles. The van der Waals surface area contributed by atoms with Gasteiger partial charge in [-0.1, -0.05) is 0 Å². The van der Waals surface area contributed by atoms with Crippen LogP contribution in [-0.2, 0) is 4.74 Å². The van der Waals surface area contributed by atoms with Crippen LogP contribution in [0.5, 0.6) is 0 Å². The standard InChI is InChI=1S/C10H20O8/c1-4(12)7(14)9(16)10(17)6(2-11)18-3-5(13)8(10)15/h4-9,11-17H,2-3H2,1H3/t4?,5-,6+,7?,8+,9?,10+/m0/s1. The molecule has 1 heterocycles. The first kappa shape index (κ1) is 15.7.